The first kappa shape index (κ1) is 9.75. The molecule has 0 atom stereocenters. The Bertz CT molecular complexity index is 571. The van der Waals surface area contributed by atoms with Crippen molar-refractivity contribution in [2.45, 2.75) is 25.7 Å². The van der Waals surface area contributed by atoms with Crippen LogP contribution in [-0.2, 0) is 12.8 Å². The quantitative estimate of drug-likeness (QED) is 0.661. The van der Waals surface area contributed by atoms with Crippen LogP contribution in [0.4, 0.5) is 13.2 Å². The second-order valence-electron chi connectivity index (χ2n) is 4.19. The van der Waals surface area contributed by atoms with Gasteiger partial charge in [0.15, 0.2) is 11.6 Å². The van der Waals surface area contributed by atoms with Gasteiger partial charge in [0.05, 0.1) is 5.52 Å². The van der Waals surface area contributed by atoms with Gasteiger partial charge in [-0.2, -0.15) is 0 Å². The van der Waals surface area contributed by atoms with E-state index in [1.165, 1.54) is 0 Å². The minimum absolute atomic E-state index is 0.103. The van der Waals surface area contributed by atoms with Crippen molar-refractivity contribution in [3.63, 3.8) is 0 Å². The third-order valence-electron chi connectivity index (χ3n) is 3.22. The molecule has 1 heterocycles. The summed E-state index contributed by atoms with van der Waals surface area (Å²) in [5.41, 5.74) is 1.70. The van der Waals surface area contributed by atoms with Crippen molar-refractivity contribution in [2.75, 3.05) is 0 Å². The molecule has 1 aliphatic rings. The van der Waals surface area contributed by atoms with E-state index >= 15 is 0 Å². The maximum absolute atomic E-state index is 13.6. The molecule has 3 rings (SSSR count). The van der Waals surface area contributed by atoms with Crippen LogP contribution in [0.25, 0.3) is 10.9 Å². The predicted molar refractivity (Wildman–Crippen MR) is 54.8 cm³/mol. The number of nitrogens with one attached hydrogen (secondary N) is 1. The normalized spacial score (nSPS) is 15.4. The topological polar surface area (TPSA) is 15.8 Å². The lowest BCUT2D eigenvalue weighted by molar-refractivity contribution is 0.505. The highest BCUT2D eigenvalue weighted by atomic mass is 19.2. The van der Waals surface area contributed by atoms with Gasteiger partial charge in [-0.05, 0) is 31.2 Å². The van der Waals surface area contributed by atoms with Crippen LogP contribution in [0.2, 0.25) is 0 Å². The van der Waals surface area contributed by atoms with Crippen LogP contribution in [0, 0.1) is 17.5 Å². The Kier molecular flexibility index (Phi) is 1.99. The zero-order valence-corrected chi connectivity index (χ0v) is 8.54. The maximum Gasteiger partial charge on any atom is 0.168 e. The molecule has 0 fully saturated rings. The largest absolute Gasteiger partial charge is 0.356 e. The molecule has 0 saturated carbocycles. The van der Waals surface area contributed by atoms with Crippen LogP contribution in [0.15, 0.2) is 6.07 Å². The van der Waals surface area contributed by atoms with Gasteiger partial charge in [-0.3, -0.25) is 0 Å². The molecule has 0 aliphatic heterocycles. The van der Waals surface area contributed by atoms with E-state index in [1.807, 2.05) is 0 Å². The van der Waals surface area contributed by atoms with Crippen molar-refractivity contribution < 1.29 is 13.2 Å². The number of aryl methyl sites for hydroxylation is 2. The van der Waals surface area contributed by atoms with Crippen molar-refractivity contribution in [3.05, 3.63) is 34.8 Å². The third kappa shape index (κ3) is 1.19. The molecule has 0 bridgehead atoms. The molecule has 4 heteroatoms. The summed E-state index contributed by atoms with van der Waals surface area (Å²) in [4.78, 5) is 2.87. The van der Waals surface area contributed by atoms with Crippen LogP contribution in [0.3, 0.4) is 0 Å². The lowest BCUT2D eigenvalue weighted by atomic mass is 9.95. The Hall–Kier alpha value is -1.45. The van der Waals surface area contributed by atoms with Crippen molar-refractivity contribution in [1.82, 2.24) is 4.98 Å². The molecule has 1 aromatic carbocycles. The van der Waals surface area contributed by atoms with Gasteiger partial charge in [-0.25, -0.2) is 13.2 Å². The van der Waals surface area contributed by atoms with E-state index in [2.05, 4.69) is 4.98 Å². The van der Waals surface area contributed by atoms with E-state index in [1.54, 1.807) is 0 Å². The Balaban J connectivity index is 2.43. The summed E-state index contributed by atoms with van der Waals surface area (Å²) in [6, 6.07) is 0.597. The van der Waals surface area contributed by atoms with E-state index in [-0.39, 0.29) is 10.9 Å². The molecule has 0 amide bonds. The molecule has 1 nitrogen and oxygen atoms in total. The molecule has 1 aromatic heterocycles. The fourth-order valence-corrected chi connectivity index (χ4v) is 2.47. The second kappa shape index (κ2) is 3.27. The third-order valence-corrected chi connectivity index (χ3v) is 3.22. The number of halogens is 3. The molecule has 1 aliphatic carbocycles. The van der Waals surface area contributed by atoms with E-state index in [0.29, 0.717) is 12.5 Å². The Morgan fingerprint density at radius 3 is 2.56 bits per heavy atom. The van der Waals surface area contributed by atoms with Crippen molar-refractivity contribution in [3.8, 4) is 0 Å². The zero-order chi connectivity index (χ0) is 11.3. The van der Waals surface area contributed by atoms with Crippen LogP contribution in [0.1, 0.15) is 24.1 Å². The van der Waals surface area contributed by atoms with Gasteiger partial charge in [0, 0.05) is 17.1 Å². The standard InChI is InChI=1S/C12H10F3N/c13-7-5-8(14)12-10(11(7)15)6-3-1-2-4-9(6)16-12/h5,16H,1-4H2. The lowest BCUT2D eigenvalue weighted by Gasteiger charge is -2.10. The lowest BCUT2D eigenvalue weighted by Crippen LogP contribution is -2.00. The van der Waals surface area contributed by atoms with Crippen molar-refractivity contribution in [2.24, 2.45) is 0 Å². The van der Waals surface area contributed by atoms with Gasteiger partial charge >= 0.3 is 0 Å². The van der Waals surface area contributed by atoms with Crippen LogP contribution in [0.5, 0.6) is 0 Å². The van der Waals surface area contributed by atoms with Gasteiger partial charge in [0.2, 0.25) is 0 Å². The summed E-state index contributed by atoms with van der Waals surface area (Å²) in [6.45, 7) is 0. The van der Waals surface area contributed by atoms with Crippen LogP contribution in [-0.4, -0.2) is 4.98 Å². The average molecular weight is 225 g/mol. The number of benzene rings is 1. The monoisotopic (exact) mass is 225 g/mol. The molecule has 1 N–H and O–H groups in total. The van der Waals surface area contributed by atoms with E-state index in [9.17, 15) is 13.2 Å². The van der Waals surface area contributed by atoms with Gasteiger partial charge in [0.1, 0.15) is 5.82 Å². The number of rotatable bonds is 0. The number of aromatic nitrogens is 1. The molecule has 84 valence electrons. The number of hydrogen-bond acceptors (Lipinski definition) is 0. The van der Waals surface area contributed by atoms with E-state index in [0.717, 1.165) is 30.5 Å². The molecule has 0 radical (unpaired) electrons. The first-order valence-electron chi connectivity index (χ1n) is 5.35. The molecule has 2 aromatic rings. The minimum Gasteiger partial charge on any atom is -0.356 e. The van der Waals surface area contributed by atoms with E-state index < -0.39 is 17.5 Å². The fourth-order valence-electron chi connectivity index (χ4n) is 2.47. The zero-order valence-electron chi connectivity index (χ0n) is 8.54. The van der Waals surface area contributed by atoms with Crippen molar-refractivity contribution >= 4 is 10.9 Å². The number of fused-ring (bicyclic) bond motifs is 3. The van der Waals surface area contributed by atoms with Gasteiger partial charge < -0.3 is 4.98 Å². The fraction of sp³-hybridized carbons (Fsp3) is 0.333. The number of H-pyrrole nitrogens is 1. The highest BCUT2D eigenvalue weighted by Crippen LogP contribution is 2.33. The molecule has 16 heavy (non-hydrogen) atoms. The van der Waals surface area contributed by atoms with Crippen molar-refractivity contribution in [1.29, 1.82) is 0 Å². The van der Waals surface area contributed by atoms with Crippen LogP contribution >= 0.6 is 0 Å². The SMILES string of the molecule is Fc1cc(F)c2[nH]c3c(c2c1F)CCCC3. The summed E-state index contributed by atoms with van der Waals surface area (Å²) < 4.78 is 40.2. The summed E-state index contributed by atoms with van der Waals surface area (Å²) >= 11 is 0. The summed E-state index contributed by atoms with van der Waals surface area (Å²) in [7, 11) is 0. The molecule has 0 unspecified atom stereocenters. The molecule has 0 spiro atoms. The minimum atomic E-state index is -1.11. The smallest absolute Gasteiger partial charge is 0.168 e. The molecule has 0 saturated heterocycles. The van der Waals surface area contributed by atoms with Gasteiger partial charge in [0.25, 0.3) is 0 Å². The summed E-state index contributed by atoms with van der Waals surface area (Å²) in [5.74, 6) is -2.77. The number of aromatic amines is 1. The molecular formula is C12H10F3N. The Morgan fingerprint density at radius 1 is 1.00 bits per heavy atom. The highest BCUT2D eigenvalue weighted by Gasteiger charge is 2.22. The molecular weight excluding hydrogens is 215 g/mol. The average Bonchev–Trinajstić information content (AvgIpc) is 2.66. The Labute approximate surface area is 90.3 Å². The van der Waals surface area contributed by atoms with Gasteiger partial charge in [-0.1, -0.05) is 0 Å². The van der Waals surface area contributed by atoms with Crippen LogP contribution < -0.4 is 0 Å². The number of hydrogen-bond donors (Lipinski definition) is 1. The first-order chi connectivity index (χ1) is 7.68. The maximum atomic E-state index is 13.6. The summed E-state index contributed by atoms with van der Waals surface area (Å²) in [5, 5.41) is 0.104. The summed E-state index contributed by atoms with van der Waals surface area (Å²) in [6.07, 6.45) is 3.42. The Morgan fingerprint density at radius 2 is 1.75 bits per heavy atom. The van der Waals surface area contributed by atoms with E-state index in [4.69, 9.17) is 0 Å². The second-order valence-corrected chi connectivity index (χ2v) is 4.19. The predicted octanol–water partition coefficient (Wildman–Crippen LogP) is 3.46. The van der Waals surface area contributed by atoms with Gasteiger partial charge in [-0.15, -0.1) is 0 Å². The highest BCUT2D eigenvalue weighted by molar-refractivity contribution is 5.86. The first-order valence-corrected chi connectivity index (χ1v) is 5.35.